The molecule has 0 saturated heterocycles. The summed E-state index contributed by atoms with van der Waals surface area (Å²) in [5.74, 6) is 0.0316. The molecule has 29 heavy (non-hydrogen) atoms. The summed E-state index contributed by atoms with van der Waals surface area (Å²) in [5, 5.41) is 21.7. The molecular formula is C25H26O4. The first-order valence-electron chi connectivity index (χ1n) is 10.2. The molecule has 4 heteroatoms. The highest BCUT2D eigenvalue weighted by Crippen LogP contribution is 2.48. The van der Waals surface area contributed by atoms with Crippen molar-refractivity contribution in [2.45, 2.75) is 44.1 Å². The number of hydrogen-bond donors (Lipinski definition) is 2. The van der Waals surface area contributed by atoms with Crippen LogP contribution < -0.4 is 5.63 Å². The number of aromatic hydroxyl groups is 1. The number of rotatable bonds is 7. The van der Waals surface area contributed by atoms with E-state index < -0.39 is 17.6 Å². The average molecular weight is 390 g/mol. The van der Waals surface area contributed by atoms with Gasteiger partial charge in [0, 0.05) is 17.9 Å². The second-order valence-corrected chi connectivity index (χ2v) is 7.83. The van der Waals surface area contributed by atoms with E-state index in [4.69, 9.17) is 4.42 Å². The summed E-state index contributed by atoms with van der Waals surface area (Å²) in [6, 6.07) is 20.6. The molecule has 1 saturated carbocycles. The zero-order valence-corrected chi connectivity index (χ0v) is 16.5. The minimum Gasteiger partial charge on any atom is -0.507 e. The van der Waals surface area contributed by atoms with Crippen molar-refractivity contribution in [3.63, 3.8) is 0 Å². The van der Waals surface area contributed by atoms with Crippen LogP contribution in [-0.2, 0) is 0 Å². The van der Waals surface area contributed by atoms with E-state index in [9.17, 15) is 15.0 Å². The van der Waals surface area contributed by atoms with Crippen molar-refractivity contribution >= 4 is 0 Å². The summed E-state index contributed by atoms with van der Waals surface area (Å²) < 4.78 is 5.69. The number of aliphatic hydroxyl groups is 1. The van der Waals surface area contributed by atoms with E-state index in [0.29, 0.717) is 23.7 Å². The van der Waals surface area contributed by atoms with Crippen LogP contribution >= 0.6 is 0 Å². The van der Waals surface area contributed by atoms with Gasteiger partial charge in [-0.05, 0) is 36.3 Å². The van der Waals surface area contributed by atoms with E-state index in [1.165, 1.54) is 6.07 Å². The lowest BCUT2D eigenvalue weighted by atomic mass is 9.86. The maximum atomic E-state index is 13.0. The zero-order chi connectivity index (χ0) is 20.4. The van der Waals surface area contributed by atoms with E-state index in [0.717, 1.165) is 24.0 Å². The van der Waals surface area contributed by atoms with E-state index in [1.54, 1.807) is 0 Å². The Labute approximate surface area is 170 Å². The molecule has 0 aliphatic heterocycles. The number of aliphatic hydroxyl groups excluding tert-OH is 1. The molecule has 1 aliphatic rings. The van der Waals surface area contributed by atoms with Crippen molar-refractivity contribution in [2.24, 2.45) is 5.92 Å². The van der Waals surface area contributed by atoms with Crippen molar-refractivity contribution in [1.29, 1.82) is 0 Å². The molecule has 1 fully saturated rings. The molecule has 0 bridgehead atoms. The molecule has 0 unspecified atom stereocenters. The molecule has 4 rings (SSSR count). The second-order valence-electron chi connectivity index (χ2n) is 7.83. The summed E-state index contributed by atoms with van der Waals surface area (Å²) in [6.07, 6.45) is 1.82. The molecule has 1 aromatic heterocycles. The predicted octanol–water partition coefficient (Wildman–Crippen LogP) is 5.11. The van der Waals surface area contributed by atoms with Gasteiger partial charge in [-0.3, -0.25) is 0 Å². The van der Waals surface area contributed by atoms with Gasteiger partial charge in [0.15, 0.2) is 0 Å². The second kappa shape index (κ2) is 8.26. The lowest BCUT2D eigenvalue weighted by Gasteiger charge is -2.23. The number of benzene rings is 2. The Kier molecular flexibility index (Phi) is 5.54. The van der Waals surface area contributed by atoms with E-state index in [-0.39, 0.29) is 11.7 Å². The van der Waals surface area contributed by atoms with Gasteiger partial charge in [-0.25, -0.2) is 4.79 Å². The van der Waals surface area contributed by atoms with Crippen LogP contribution in [0, 0.1) is 5.92 Å². The molecule has 0 amide bonds. The minimum atomic E-state index is -0.817. The summed E-state index contributed by atoms with van der Waals surface area (Å²) in [6.45, 7) is 1.93. The van der Waals surface area contributed by atoms with Crippen LogP contribution in [0.3, 0.4) is 0 Å². The minimum absolute atomic E-state index is 0.0456. The van der Waals surface area contributed by atoms with Crippen molar-refractivity contribution in [1.82, 2.24) is 0 Å². The topological polar surface area (TPSA) is 70.7 Å². The lowest BCUT2D eigenvalue weighted by molar-refractivity contribution is 0.129. The zero-order valence-electron chi connectivity index (χ0n) is 16.5. The first-order valence-corrected chi connectivity index (χ1v) is 10.2. The third-order valence-corrected chi connectivity index (χ3v) is 5.88. The molecule has 3 atom stereocenters. The van der Waals surface area contributed by atoms with Crippen molar-refractivity contribution in [2.75, 3.05) is 0 Å². The van der Waals surface area contributed by atoms with Gasteiger partial charge in [-0.15, -0.1) is 0 Å². The molecule has 1 aliphatic carbocycles. The van der Waals surface area contributed by atoms with Gasteiger partial charge in [-0.2, -0.15) is 0 Å². The van der Waals surface area contributed by atoms with Crippen LogP contribution in [0.5, 0.6) is 5.75 Å². The third-order valence-electron chi connectivity index (χ3n) is 5.88. The Morgan fingerprint density at radius 2 is 1.59 bits per heavy atom. The standard InChI is InChI=1S/C25H26O4/c1-2-19(24(27)18-11-7-4-8-12-18)21-15-20(26)23(25(28)29-21)22(17-13-14-17)16-9-5-3-6-10-16/h3-12,15,17,19,22,24,26-27H,2,13-14H2,1H3/t19-,22-,24-/m0/s1. The average Bonchev–Trinajstić information content (AvgIpc) is 3.57. The van der Waals surface area contributed by atoms with E-state index >= 15 is 0 Å². The Hall–Kier alpha value is -2.85. The van der Waals surface area contributed by atoms with Crippen LogP contribution in [0.25, 0.3) is 0 Å². The largest absolute Gasteiger partial charge is 0.507 e. The Morgan fingerprint density at radius 1 is 1.00 bits per heavy atom. The highest BCUT2D eigenvalue weighted by molar-refractivity contribution is 5.42. The fourth-order valence-electron chi connectivity index (χ4n) is 4.20. The van der Waals surface area contributed by atoms with Crippen molar-refractivity contribution < 1.29 is 14.6 Å². The first kappa shape index (κ1) is 19.5. The molecule has 3 aromatic rings. The quantitative estimate of drug-likeness (QED) is 0.588. The van der Waals surface area contributed by atoms with Crippen LogP contribution in [0.15, 0.2) is 75.9 Å². The molecule has 4 nitrogen and oxygen atoms in total. The molecule has 150 valence electrons. The normalized spacial score (nSPS) is 16.9. The third kappa shape index (κ3) is 3.99. The summed E-state index contributed by atoms with van der Waals surface area (Å²) in [5.41, 5.74) is 1.58. The maximum Gasteiger partial charge on any atom is 0.343 e. The van der Waals surface area contributed by atoms with Gasteiger partial charge in [0.05, 0.1) is 11.7 Å². The fourth-order valence-corrected chi connectivity index (χ4v) is 4.20. The smallest absolute Gasteiger partial charge is 0.343 e. The highest BCUT2D eigenvalue weighted by Gasteiger charge is 2.37. The van der Waals surface area contributed by atoms with Crippen LogP contribution in [0.4, 0.5) is 0 Å². The fraction of sp³-hybridized carbons (Fsp3) is 0.320. The van der Waals surface area contributed by atoms with Gasteiger partial charge < -0.3 is 14.6 Å². The Bertz CT molecular complexity index is 1010. The molecule has 2 aromatic carbocycles. The van der Waals surface area contributed by atoms with Gasteiger partial charge in [0.2, 0.25) is 0 Å². The predicted molar refractivity (Wildman–Crippen MR) is 112 cm³/mol. The summed E-state index contributed by atoms with van der Waals surface area (Å²) >= 11 is 0. The molecule has 0 radical (unpaired) electrons. The van der Waals surface area contributed by atoms with Gasteiger partial charge in [0.25, 0.3) is 0 Å². The van der Waals surface area contributed by atoms with Crippen LogP contribution in [-0.4, -0.2) is 10.2 Å². The van der Waals surface area contributed by atoms with Crippen LogP contribution in [0.2, 0.25) is 0 Å². The SMILES string of the molecule is CC[C@@H](c1cc(O)c([C@@H](c2ccccc2)C2CC2)c(=O)o1)[C@@H](O)c1ccccc1. The molecule has 2 N–H and O–H groups in total. The Balaban J connectivity index is 1.72. The lowest BCUT2D eigenvalue weighted by Crippen LogP contribution is -2.19. The van der Waals surface area contributed by atoms with Gasteiger partial charge >= 0.3 is 5.63 Å². The van der Waals surface area contributed by atoms with Crippen LogP contribution in [0.1, 0.15) is 66.6 Å². The van der Waals surface area contributed by atoms with Crippen molar-refractivity contribution in [3.05, 3.63) is 99.6 Å². The first-order chi connectivity index (χ1) is 14.1. The maximum absolute atomic E-state index is 13.0. The number of hydrogen-bond acceptors (Lipinski definition) is 4. The molecular weight excluding hydrogens is 364 g/mol. The van der Waals surface area contributed by atoms with E-state index in [1.807, 2.05) is 67.6 Å². The Morgan fingerprint density at radius 3 is 2.10 bits per heavy atom. The van der Waals surface area contributed by atoms with Gasteiger partial charge in [-0.1, -0.05) is 67.6 Å². The monoisotopic (exact) mass is 390 g/mol. The van der Waals surface area contributed by atoms with Gasteiger partial charge in [0.1, 0.15) is 11.5 Å². The van der Waals surface area contributed by atoms with E-state index in [2.05, 4.69) is 0 Å². The summed E-state index contributed by atoms with van der Waals surface area (Å²) in [7, 11) is 0. The molecule has 1 heterocycles. The summed E-state index contributed by atoms with van der Waals surface area (Å²) in [4.78, 5) is 13.0. The highest BCUT2D eigenvalue weighted by atomic mass is 16.4. The van der Waals surface area contributed by atoms with Crippen molar-refractivity contribution in [3.8, 4) is 5.75 Å². The molecule has 0 spiro atoms.